The van der Waals surface area contributed by atoms with Gasteiger partial charge in [-0.15, -0.1) is 0 Å². The van der Waals surface area contributed by atoms with Crippen molar-refractivity contribution < 1.29 is 5.11 Å². The SMILES string of the molecule is OC(CCc1ccccc1)(CC1C=CC=C1)CC1C=CC=C1. The maximum Gasteiger partial charge on any atom is 0.0668 e. The summed E-state index contributed by atoms with van der Waals surface area (Å²) in [5.41, 5.74) is 0.680. The van der Waals surface area contributed by atoms with E-state index in [2.05, 4.69) is 72.9 Å². The summed E-state index contributed by atoms with van der Waals surface area (Å²) in [7, 11) is 0. The van der Waals surface area contributed by atoms with Crippen molar-refractivity contribution in [1.82, 2.24) is 0 Å². The molecule has 114 valence electrons. The molecule has 0 spiro atoms. The molecule has 0 atom stereocenters. The van der Waals surface area contributed by atoms with Gasteiger partial charge in [-0.3, -0.25) is 0 Å². The Morgan fingerprint density at radius 3 is 1.77 bits per heavy atom. The van der Waals surface area contributed by atoms with Crippen LogP contribution in [0.5, 0.6) is 0 Å². The molecule has 1 aromatic carbocycles. The first-order chi connectivity index (χ1) is 10.7. The molecule has 2 aliphatic carbocycles. The molecule has 0 bridgehead atoms. The van der Waals surface area contributed by atoms with Crippen LogP contribution < -0.4 is 0 Å². The zero-order chi connectivity index (χ0) is 15.3. The molecule has 0 saturated carbocycles. The van der Waals surface area contributed by atoms with Gasteiger partial charge in [-0.1, -0.05) is 78.9 Å². The molecule has 0 fully saturated rings. The molecule has 3 rings (SSSR count). The lowest BCUT2D eigenvalue weighted by Gasteiger charge is -2.32. The van der Waals surface area contributed by atoms with Crippen molar-refractivity contribution in [2.45, 2.75) is 31.3 Å². The summed E-state index contributed by atoms with van der Waals surface area (Å²) in [5.74, 6) is 0.741. The fourth-order valence-corrected chi connectivity index (χ4v) is 3.41. The average Bonchev–Trinajstić information content (AvgIpc) is 3.20. The third-order valence-corrected chi connectivity index (χ3v) is 4.61. The van der Waals surface area contributed by atoms with E-state index >= 15 is 0 Å². The predicted octanol–water partition coefficient (Wildman–Crippen LogP) is 4.61. The van der Waals surface area contributed by atoms with Crippen LogP contribution in [0.1, 0.15) is 24.8 Å². The standard InChI is InChI=1S/C21H24O/c22-21(16-19-10-4-5-11-19,17-20-12-6-7-13-20)15-14-18-8-2-1-3-9-18/h1-13,19-20,22H,14-17H2. The molecule has 1 aromatic rings. The first kappa shape index (κ1) is 15.1. The Balaban J connectivity index is 1.66. The summed E-state index contributed by atoms with van der Waals surface area (Å²) >= 11 is 0. The van der Waals surface area contributed by atoms with E-state index < -0.39 is 5.60 Å². The van der Waals surface area contributed by atoms with Crippen LogP contribution in [0, 0.1) is 11.8 Å². The van der Waals surface area contributed by atoms with Gasteiger partial charge in [-0.05, 0) is 43.1 Å². The summed E-state index contributed by atoms with van der Waals surface area (Å²) in [6.07, 6.45) is 20.4. The summed E-state index contributed by atoms with van der Waals surface area (Å²) in [5, 5.41) is 11.3. The predicted molar refractivity (Wildman–Crippen MR) is 92.5 cm³/mol. The van der Waals surface area contributed by atoms with Gasteiger partial charge in [0.05, 0.1) is 5.60 Å². The second-order valence-electron chi connectivity index (χ2n) is 6.49. The van der Waals surface area contributed by atoms with Crippen LogP contribution in [-0.4, -0.2) is 10.7 Å². The van der Waals surface area contributed by atoms with Crippen LogP contribution >= 0.6 is 0 Å². The lowest BCUT2D eigenvalue weighted by molar-refractivity contribution is 0.00340. The van der Waals surface area contributed by atoms with Gasteiger partial charge in [0.2, 0.25) is 0 Å². The highest BCUT2D eigenvalue weighted by Crippen LogP contribution is 2.33. The highest BCUT2D eigenvalue weighted by molar-refractivity contribution is 5.21. The highest BCUT2D eigenvalue weighted by atomic mass is 16.3. The molecular weight excluding hydrogens is 268 g/mol. The number of hydrogen-bond donors (Lipinski definition) is 1. The minimum atomic E-state index is -0.622. The van der Waals surface area contributed by atoms with E-state index in [4.69, 9.17) is 0 Å². The van der Waals surface area contributed by atoms with E-state index in [1.54, 1.807) is 0 Å². The summed E-state index contributed by atoms with van der Waals surface area (Å²) < 4.78 is 0. The minimum absolute atomic E-state index is 0.370. The van der Waals surface area contributed by atoms with E-state index in [0.29, 0.717) is 11.8 Å². The van der Waals surface area contributed by atoms with Crippen molar-refractivity contribution in [3.05, 3.63) is 84.5 Å². The molecule has 0 aromatic heterocycles. The van der Waals surface area contributed by atoms with Gasteiger partial charge in [-0.25, -0.2) is 0 Å². The van der Waals surface area contributed by atoms with Crippen molar-refractivity contribution >= 4 is 0 Å². The smallest absolute Gasteiger partial charge is 0.0668 e. The van der Waals surface area contributed by atoms with Gasteiger partial charge >= 0.3 is 0 Å². The van der Waals surface area contributed by atoms with E-state index in [-0.39, 0.29) is 0 Å². The maximum absolute atomic E-state index is 11.3. The quantitative estimate of drug-likeness (QED) is 0.777. The number of hydrogen-bond acceptors (Lipinski definition) is 1. The molecule has 0 aliphatic heterocycles. The maximum atomic E-state index is 11.3. The number of benzene rings is 1. The van der Waals surface area contributed by atoms with Crippen LogP contribution in [0.3, 0.4) is 0 Å². The Kier molecular flexibility index (Phi) is 4.74. The molecule has 1 heteroatoms. The molecule has 0 heterocycles. The van der Waals surface area contributed by atoms with Gasteiger partial charge in [0.15, 0.2) is 0 Å². The topological polar surface area (TPSA) is 20.2 Å². The third-order valence-electron chi connectivity index (χ3n) is 4.61. The number of aryl methyl sites for hydroxylation is 1. The molecule has 0 unspecified atom stereocenters. The third kappa shape index (κ3) is 4.08. The van der Waals surface area contributed by atoms with Crippen molar-refractivity contribution in [3.8, 4) is 0 Å². The highest BCUT2D eigenvalue weighted by Gasteiger charge is 2.31. The molecule has 0 amide bonds. The van der Waals surface area contributed by atoms with Crippen LogP contribution in [0.25, 0.3) is 0 Å². The first-order valence-corrected chi connectivity index (χ1v) is 8.20. The second kappa shape index (κ2) is 6.93. The van der Waals surface area contributed by atoms with Gasteiger partial charge in [-0.2, -0.15) is 0 Å². The lowest BCUT2D eigenvalue weighted by atomic mass is 9.80. The Labute approximate surface area is 133 Å². The van der Waals surface area contributed by atoms with E-state index in [1.165, 1.54) is 5.56 Å². The van der Waals surface area contributed by atoms with Crippen LogP contribution in [0.15, 0.2) is 78.9 Å². The van der Waals surface area contributed by atoms with Crippen molar-refractivity contribution in [3.63, 3.8) is 0 Å². The van der Waals surface area contributed by atoms with Gasteiger partial charge in [0.1, 0.15) is 0 Å². The molecule has 22 heavy (non-hydrogen) atoms. The lowest BCUT2D eigenvalue weighted by Crippen LogP contribution is -2.33. The number of allylic oxidation sites excluding steroid dienone is 8. The Morgan fingerprint density at radius 2 is 1.27 bits per heavy atom. The fourth-order valence-electron chi connectivity index (χ4n) is 3.41. The summed E-state index contributed by atoms with van der Waals surface area (Å²) in [4.78, 5) is 0. The molecular formula is C21H24O. The first-order valence-electron chi connectivity index (χ1n) is 8.20. The van der Waals surface area contributed by atoms with Crippen LogP contribution in [0.2, 0.25) is 0 Å². The van der Waals surface area contributed by atoms with E-state index in [1.807, 2.05) is 6.07 Å². The van der Waals surface area contributed by atoms with Crippen molar-refractivity contribution in [2.75, 3.05) is 0 Å². The monoisotopic (exact) mass is 292 g/mol. The number of rotatable bonds is 7. The molecule has 0 saturated heterocycles. The van der Waals surface area contributed by atoms with Crippen molar-refractivity contribution in [2.24, 2.45) is 11.8 Å². The fraction of sp³-hybridized carbons (Fsp3) is 0.333. The zero-order valence-electron chi connectivity index (χ0n) is 12.9. The molecule has 2 aliphatic rings. The summed E-state index contributed by atoms with van der Waals surface area (Å²) in [6.45, 7) is 0. The Morgan fingerprint density at radius 1 is 0.773 bits per heavy atom. The second-order valence-corrected chi connectivity index (χ2v) is 6.49. The van der Waals surface area contributed by atoms with Crippen LogP contribution in [0.4, 0.5) is 0 Å². The number of aliphatic hydroxyl groups is 1. The average molecular weight is 292 g/mol. The summed E-state index contributed by atoms with van der Waals surface area (Å²) in [6, 6.07) is 10.5. The van der Waals surface area contributed by atoms with E-state index in [9.17, 15) is 5.11 Å². The molecule has 0 radical (unpaired) electrons. The van der Waals surface area contributed by atoms with Gasteiger partial charge < -0.3 is 5.11 Å². The molecule has 1 N–H and O–H groups in total. The normalized spacial score (nSPS) is 17.9. The van der Waals surface area contributed by atoms with E-state index in [0.717, 1.165) is 25.7 Å². The zero-order valence-corrected chi connectivity index (χ0v) is 12.9. The van der Waals surface area contributed by atoms with Crippen LogP contribution in [-0.2, 0) is 6.42 Å². The van der Waals surface area contributed by atoms with Gasteiger partial charge in [0.25, 0.3) is 0 Å². The molecule has 1 nitrogen and oxygen atoms in total. The minimum Gasteiger partial charge on any atom is -0.390 e. The Bertz CT molecular complexity index is 538. The van der Waals surface area contributed by atoms with Gasteiger partial charge in [0, 0.05) is 0 Å². The van der Waals surface area contributed by atoms with Crippen molar-refractivity contribution in [1.29, 1.82) is 0 Å². The Hall–Kier alpha value is -1.86. The largest absolute Gasteiger partial charge is 0.390 e.